The monoisotopic (exact) mass is 592 g/mol. The van der Waals surface area contributed by atoms with Crippen LogP contribution in [0.3, 0.4) is 0 Å². The van der Waals surface area contributed by atoms with E-state index in [0.717, 1.165) is 51.0 Å². The molecule has 7 atom stereocenters. The van der Waals surface area contributed by atoms with Crippen molar-refractivity contribution in [2.45, 2.75) is 89.6 Å². The number of hydrogen-bond donors (Lipinski definition) is 1. The van der Waals surface area contributed by atoms with Crippen molar-refractivity contribution in [3.05, 3.63) is 29.3 Å². The van der Waals surface area contributed by atoms with E-state index in [0.29, 0.717) is 24.0 Å². The fourth-order valence-electron chi connectivity index (χ4n) is 7.36. The molecule has 0 amide bonds. The van der Waals surface area contributed by atoms with Crippen LogP contribution in [0.15, 0.2) is 18.2 Å². The first-order valence-electron chi connectivity index (χ1n) is 13.0. The Labute approximate surface area is 271 Å². The molecule has 3 aliphatic carbocycles. The third kappa shape index (κ3) is 8.59. The van der Waals surface area contributed by atoms with E-state index in [-0.39, 0.29) is 107 Å². The molecule has 0 aliphatic heterocycles. The van der Waals surface area contributed by atoms with E-state index < -0.39 is 24.5 Å². The third-order valence-electron chi connectivity index (χ3n) is 8.97. The molecule has 2 saturated carbocycles. The van der Waals surface area contributed by atoms with Gasteiger partial charge in [-0.1, -0.05) is 13.0 Å². The minimum Gasteiger partial charge on any atom is -0.780 e. The van der Waals surface area contributed by atoms with Gasteiger partial charge in [-0.3, -0.25) is 4.21 Å². The summed E-state index contributed by atoms with van der Waals surface area (Å²) in [7, 11) is -6.30. The average molecular weight is 593 g/mol. The molecule has 6 nitrogen and oxygen atoms in total. The number of hydrogen-bond acceptors (Lipinski definition) is 6. The van der Waals surface area contributed by atoms with Crippen LogP contribution >= 0.6 is 7.82 Å². The molecule has 1 N–H and O–H groups in total. The Morgan fingerprint density at radius 1 is 1.18 bits per heavy atom. The zero-order valence-electron chi connectivity index (χ0n) is 23.0. The molecule has 0 spiro atoms. The molecule has 1 aromatic carbocycles. The van der Waals surface area contributed by atoms with Crippen LogP contribution in [0.2, 0.25) is 0 Å². The van der Waals surface area contributed by atoms with E-state index in [1.165, 1.54) is 5.56 Å². The van der Waals surface area contributed by atoms with Crippen LogP contribution in [0.5, 0.6) is 5.75 Å². The standard InChI is InChI=1S/C26H39F2O6PS.2Na/c1-25-12-10-21-20-7-6-19(34-35(30,31)32)16-18(20)15-17(24(21)22(25)8-9-23(25)29)5-3-13-36(33)14-4-11-26(2,27)28;;/h6-7,16-17,21-24,29H,3-5,8-15H2,1-2H3,(H2,30,31,32);;/q;2*+1/p-2/t17-,21-,22+,23+,24-,25+,36?;;/m1../s1. The molecule has 38 heavy (non-hydrogen) atoms. The topological polar surface area (TPSA) is 110 Å². The van der Waals surface area contributed by atoms with Gasteiger partial charge in [-0.15, -0.1) is 0 Å². The Morgan fingerprint density at radius 2 is 1.87 bits per heavy atom. The molecule has 0 saturated heterocycles. The van der Waals surface area contributed by atoms with Gasteiger partial charge in [0.15, 0.2) is 0 Å². The SMILES string of the molecule is CC(F)(F)CCCS(=O)CCC[C@@H]1Cc2cc(OP(=O)([O-])[O-])ccc2[C@H]2CC[C@]3(C)[C@@H](O)CC[C@H]3[C@H]12.[Na+].[Na+]. The summed E-state index contributed by atoms with van der Waals surface area (Å²) in [4.78, 5) is 22.3. The molecular weight excluding hydrogens is 555 g/mol. The molecule has 12 heteroatoms. The molecule has 4 rings (SSSR count). The molecule has 3 aliphatic rings. The predicted molar refractivity (Wildman–Crippen MR) is 131 cm³/mol. The first-order chi connectivity index (χ1) is 16.8. The van der Waals surface area contributed by atoms with Crippen LogP contribution in [0.1, 0.15) is 82.3 Å². The van der Waals surface area contributed by atoms with Crippen molar-refractivity contribution in [3.63, 3.8) is 0 Å². The first kappa shape index (κ1) is 35.3. The van der Waals surface area contributed by atoms with Gasteiger partial charge in [-0.25, -0.2) is 8.78 Å². The average Bonchev–Trinajstić information content (AvgIpc) is 3.06. The quantitative estimate of drug-likeness (QED) is 0.257. The second-order valence-corrected chi connectivity index (χ2v) is 14.2. The van der Waals surface area contributed by atoms with E-state index in [2.05, 4.69) is 11.4 Å². The molecule has 204 valence electrons. The number of halogens is 2. The van der Waals surface area contributed by atoms with E-state index in [4.69, 9.17) is 0 Å². The Morgan fingerprint density at radius 3 is 2.53 bits per heavy atom. The van der Waals surface area contributed by atoms with Crippen molar-refractivity contribution < 1.29 is 96.1 Å². The number of benzene rings is 1. The number of alkyl halides is 2. The minimum atomic E-state index is -5.16. The van der Waals surface area contributed by atoms with E-state index in [1.54, 1.807) is 12.1 Å². The number of aliphatic hydroxyl groups excluding tert-OH is 1. The Bertz CT molecular complexity index is 1020. The second kappa shape index (κ2) is 14.1. The van der Waals surface area contributed by atoms with Gasteiger partial charge in [0.25, 0.3) is 0 Å². The van der Waals surface area contributed by atoms with Crippen LogP contribution in [0.4, 0.5) is 8.78 Å². The van der Waals surface area contributed by atoms with Crippen LogP contribution in [0.25, 0.3) is 0 Å². The molecule has 2 fully saturated rings. The van der Waals surface area contributed by atoms with Gasteiger partial charge in [-0.2, -0.15) is 0 Å². The number of phosphoric ester groups is 1. The summed E-state index contributed by atoms with van der Waals surface area (Å²) in [5, 5.41) is 10.8. The molecule has 0 bridgehead atoms. The zero-order chi connectivity index (χ0) is 26.3. The van der Waals surface area contributed by atoms with Crippen molar-refractivity contribution in [2.75, 3.05) is 11.5 Å². The number of fused-ring (bicyclic) bond motifs is 5. The minimum absolute atomic E-state index is 0. The van der Waals surface area contributed by atoms with Gasteiger partial charge in [0.05, 0.1) is 6.10 Å². The van der Waals surface area contributed by atoms with E-state index in [1.807, 2.05) is 6.07 Å². The normalized spacial score (nSPS) is 31.2. The summed E-state index contributed by atoms with van der Waals surface area (Å²) < 4.78 is 54.3. The Balaban J connectivity index is 0.00000253. The summed E-state index contributed by atoms with van der Waals surface area (Å²) in [6.45, 7) is 3.09. The maximum Gasteiger partial charge on any atom is 1.00 e. The van der Waals surface area contributed by atoms with Crippen molar-refractivity contribution in [1.29, 1.82) is 0 Å². The van der Waals surface area contributed by atoms with Crippen molar-refractivity contribution in [3.8, 4) is 5.75 Å². The van der Waals surface area contributed by atoms with Crippen LogP contribution < -0.4 is 73.4 Å². The fraction of sp³-hybridized carbons (Fsp3) is 0.769. The van der Waals surface area contributed by atoms with Gasteiger partial charge >= 0.3 is 59.1 Å². The van der Waals surface area contributed by atoms with E-state index >= 15 is 0 Å². The summed E-state index contributed by atoms with van der Waals surface area (Å²) in [5.74, 6) is -0.678. The summed E-state index contributed by atoms with van der Waals surface area (Å²) in [5.41, 5.74) is 2.04. The van der Waals surface area contributed by atoms with Crippen LogP contribution in [0, 0.1) is 23.2 Å². The van der Waals surface area contributed by atoms with Crippen molar-refractivity contribution in [2.24, 2.45) is 23.2 Å². The van der Waals surface area contributed by atoms with E-state index in [9.17, 15) is 32.4 Å². The molecule has 1 unspecified atom stereocenters. The number of rotatable bonds is 10. The maximum absolute atomic E-state index is 13.1. The summed E-state index contributed by atoms with van der Waals surface area (Å²) >= 11 is 0. The van der Waals surface area contributed by atoms with Crippen molar-refractivity contribution in [1.82, 2.24) is 0 Å². The Kier molecular flexibility index (Phi) is 13.1. The summed E-state index contributed by atoms with van der Waals surface area (Å²) in [6.07, 6.45) is 5.54. The largest absolute Gasteiger partial charge is 1.00 e. The van der Waals surface area contributed by atoms with Crippen molar-refractivity contribution >= 4 is 18.6 Å². The maximum atomic E-state index is 13.1. The number of aliphatic hydroxyl groups is 1. The smallest absolute Gasteiger partial charge is 0.780 e. The molecule has 0 aromatic heterocycles. The molecule has 0 heterocycles. The van der Waals surface area contributed by atoms with Gasteiger partial charge in [0, 0.05) is 28.7 Å². The van der Waals surface area contributed by atoms with Gasteiger partial charge < -0.3 is 24.0 Å². The van der Waals surface area contributed by atoms with Crippen LogP contribution in [-0.2, 0) is 21.8 Å². The summed E-state index contributed by atoms with van der Waals surface area (Å²) in [6, 6.07) is 5.11. The third-order valence-corrected chi connectivity index (χ3v) is 10.9. The zero-order valence-corrected chi connectivity index (χ0v) is 28.7. The molecule has 0 radical (unpaired) electrons. The molecule has 1 aromatic rings. The second-order valence-electron chi connectivity index (χ2n) is 11.5. The van der Waals surface area contributed by atoms with Gasteiger partial charge in [0.2, 0.25) is 5.92 Å². The fourth-order valence-corrected chi connectivity index (χ4v) is 8.89. The first-order valence-corrected chi connectivity index (χ1v) is 16.0. The van der Waals surface area contributed by atoms with Gasteiger partial charge in [0.1, 0.15) is 13.6 Å². The number of phosphoric acid groups is 1. The van der Waals surface area contributed by atoms with Gasteiger partial charge in [-0.05, 0) is 111 Å². The van der Waals surface area contributed by atoms with Crippen LogP contribution in [-0.4, -0.2) is 32.8 Å². The molecular formula is C26H37F2Na2O6PS. The Hall–Kier alpha value is 1.14. The predicted octanol–water partition coefficient (Wildman–Crippen LogP) is -1.69.